The largest absolute Gasteiger partial charge is 0.375 e. The number of carbonyl (C=O) groups excluding carboxylic acids is 1. The summed E-state index contributed by atoms with van der Waals surface area (Å²) in [4.78, 5) is 20.2. The molecular formula is C13H18N6O2. The summed E-state index contributed by atoms with van der Waals surface area (Å²) < 4.78 is 6.81. The van der Waals surface area contributed by atoms with Crippen LogP contribution < -0.4 is 4.90 Å². The average molecular weight is 290 g/mol. The highest BCUT2D eigenvalue weighted by molar-refractivity contribution is 5.78. The molecule has 1 aliphatic rings. The molecule has 0 radical (unpaired) electrons. The molecule has 0 spiro atoms. The van der Waals surface area contributed by atoms with Gasteiger partial charge in [-0.05, 0) is 6.92 Å². The van der Waals surface area contributed by atoms with Crippen molar-refractivity contribution in [1.82, 2.24) is 24.5 Å². The lowest BCUT2D eigenvalue weighted by atomic mass is 10.3. The third-order valence-corrected chi connectivity index (χ3v) is 3.68. The molecule has 0 atom stereocenters. The van der Waals surface area contributed by atoms with Crippen molar-refractivity contribution in [3.05, 3.63) is 18.2 Å². The maximum absolute atomic E-state index is 11.8. The minimum atomic E-state index is 0.0293. The molecule has 0 saturated carbocycles. The van der Waals surface area contributed by atoms with Gasteiger partial charge in [-0.25, -0.2) is 4.98 Å². The van der Waals surface area contributed by atoms with Crippen LogP contribution in [0, 0.1) is 6.92 Å². The number of hydrogen-bond donors (Lipinski definition) is 0. The van der Waals surface area contributed by atoms with Crippen molar-refractivity contribution in [3.63, 3.8) is 0 Å². The highest BCUT2D eigenvalue weighted by atomic mass is 16.5. The molecule has 21 heavy (non-hydrogen) atoms. The molecule has 0 N–H and O–H groups in total. The number of aryl methyl sites for hydroxylation is 1. The monoisotopic (exact) mass is 290 g/mol. The summed E-state index contributed by atoms with van der Waals surface area (Å²) >= 11 is 0. The first-order valence-corrected chi connectivity index (χ1v) is 6.88. The van der Waals surface area contributed by atoms with E-state index in [0.29, 0.717) is 13.1 Å². The fourth-order valence-corrected chi connectivity index (χ4v) is 2.53. The minimum Gasteiger partial charge on any atom is -0.375 e. The molecule has 8 heteroatoms. The Morgan fingerprint density at radius 1 is 1.29 bits per heavy atom. The maximum Gasteiger partial charge on any atom is 0.248 e. The molecule has 112 valence electrons. The SMILES string of the molecule is COCC(=O)N1CCN(c2nccn3c(C)nnc23)CC1. The summed E-state index contributed by atoms with van der Waals surface area (Å²) in [5.74, 6) is 1.68. The number of ether oxygens (including phenoxy) is 1. The van der Waals surface area contributed by atoms with Crippen LogP contribution in [-0.4, -0.2) is 70.3 Å². The van der Waals surface area contributed by atoms with Gasteiger partial charge in [0, 0.05) is 45.7 Å². The van der Waals surface area contributed by atoms with Crippen LogP contribution >= 0.6 is 0 Å². The molecular weight excluding hydrogens is 272 g/mol. The summed E-state index contributed by atoms with van der Waals surface area (Å²) in [7, 11) is 1.53. The van der Waals surface area contributed by atoms with Crippen molar-refractivity contribution in [2.24, 2.45) is 0 Å². The lowest BCUT2D eigenvalue weighted by molar-refractivity contribution is -0.135. The van der Waals surface area contributed by atoms with Crippen LogP contribution in [0.1, 0.15) is 5.82 Å². The van der Waals surface area contributed by atoms with Crippen LogP contribution in [0.2, 0.25) is 0 Å². The van der Waals surface area contributed by atoms with E-state index in [4.69, 9.17) is 4.74 Å². The van der Waals surface area contributed by atoms with Gasteiger partial charge in [0.15, 0.2) is 5.82 Å². The molecule has 2 aromatic heterocycles. The topological polar surface area (TPSA) is 75.9 Å². The van der Waals surface area contributed by atoms with Gasteiger partial charge in [-0.15, -0.1) is 10.2 Å². The predicted molar refractivity (Wildman–Crippen MR) is 76.2 cm³/mol. The van der Waals surface area contributed by atoms with Gasteiger partial charge < -0.3 is 14.5 Å². The molecule has 0 bridgehead atoms. The van der Waals surface area contributed by atoms with Crippen LogP contribution in [0.25, 0.3) is 5.65 Å². The Balaban J connectivity index is 1.75. The number of amides is 1. The maximum atomic E-state index is 11.8. The molecule has 1 amide bonds. The predicted octanol–water partition coefficient (Wildman–Crippen LogP) is -0.272. The van der Waals surface area contributed by atoms with E-state index in [1.54, 1.807) is 6.20 Å². The molecule has 0 unspecified atom stereocenters. The Hall–Kier alpha value is -2.22. The molecule has 0 aliphatic carbocycles. The van der Waals surface area contributed by atoms with Gasteiger partial charge in [-0.2, -0.15) is 0 Å². The number of fused-ring (bicyclic) bond motifs is 1. The first kappa shape index (κ1) is 13.7. The smallest absolute Gasteiger partial charge is 0.248 e. The first-order valence-electron chi connectivity index (χ1n) is 6.88. The number of methoxy groups -OCH3 is 1. The average Bonchev–Trinajstić information content (AvgIpc) is 2.89. The molecule has 1 aliphatic heterocycles. The normalized spacial score (nSPS) is 15.7. The van der Waals surface area contributed by atoms with Crippen LogP contribution in [-0.2, 0) is 9.53 Å². The summed E-state index contributed by atoms with van der Waals surface area (Å²) in [6.45, 7) is 4.83. The van der Waals surface area contributed by atoms with E-state index >= 15 is 0 Å². The third-order valence-electron chi connectivity index (χ3n) is 3.68. The number of nitrogens with zero attached hydrogens (tertiary/aromatic N) is 6. The fourth-order valence-electron chi connectivity index (χ4n) is 2.53. The van der Waals surface area contributed by atoms with Crippen LogP contribution in [0.3, 0.4) is 0 Å². The second kappa shape index (κ2) is 5.65. The lowest BCUT2D eigenvalue weighted by Crippen LogP contribution is -2.50. The van der Waals surface area contributed by atoms with Gasteiger partial charge in [0.05, 0.1) is 0 Å². The zero-order valence-electron chi connectivity index (χ0n) is 12.2. The summed E-state index contributed by atoms with van der Waals surface area (Å²) in [5, 5.41) is 8.27. The molecule has 2 aromatic rings. The van der Waals surface area contributed by atoms with Gasteiger partial charge in [0.2, 0.25) is 11.6 Å². The van der Waals surface area contributed by atoms with Gasteiger partial charge >= 0.3 is 0 Å². The van der Waals surface area contributed by atoms with E-state index in [2.05, 4.69) is 20.1 Å². The Bertz CT molecular complexity index is 647. The molecule has 1 saturated heterocycles. The Morgan fingerprint density at radius 2 is 2.05 bits per heavy atom. The fraction of sp³-hybridized carbons (Fsp3) is 0.538. The van der Waals surface area contributed by atoms with Crippen molar-refractivity contribution in [1.29, 1.82) is 0 Å². The molecule has 3 rings (SSSR count). The second-order valence-electron chi connectivity index (χ2n) is 4.99. The number of aromatic nitrogens is 4. The summed E-state index contributed by atoms with van der Waals surface area (Å²) in [5.41, 5.74) is 0.756. The standard InChI is InChI=1S/C13H18N6O2/c1-10-15-16-13-12(14-3-4-19(10)13)18-7-5-17(6-8-18)11(20)9-21-2/h3-4H,5-9H2,1-2H3. The lowest BCUT2D eigenvalue weighted by Gasteiger charge is -2.35. The Kier molecular flexibility index (Phi) is 3.70. The zero-order chi connectivity index (χ0) is 14.8. The van der Waals surface area contributed by atoms with Gasteiger partial charge in [-0.1, -0.05) is 0 Å². The number of hydrogen-bond acceptors (Lipinski definition) is 6. The van der Waals surface area contributed by atoms with E-state index in [1.165, 1.54) is 7.11 Å². The molecule has 0 aromatic carbocycles. The molecule has 1 fully saturated rings. The van der Waals surface area contributed by atoms with Crippen LogP contribution in [0.4, 0.5) is 5.82 Å². The second-order valence-corrected chi connectivity index (χ2v) is 4.99. The van der Waals surface area contributed by atoms with Crippen molar-refractivity contribution in [2.75, 3.05) is 44.8 Å². The van der Waals surface area contributed by atoms with Gasteiger partial charge in [-0.3, -0.25) is 9.20 Å². The van der Waals surface area contributed by atoms with E-state index in [1.807, 2.05) is 22.4 Å². The Morgan fingerprint density at radius 3 is 2.76 bits per heavy atom. The van der Waals surface area contributed by atoms with E-state index in [-0.39, 0.29) is 12.5 Å². The van der Waals surface area contributed by atoms with Crippen molar-refractivity contribution in [3.8, 4) is 0 Å². The number of piperazine rings is 1. The quantitative estimate of drug-likeness (QED) is 0.774. The molecule has 8 nitrogen and oxygen atoms in total. The van der Waals surface area contributed by atoms with Crippen molar-refractivity contribution in [2.45, 2.75) is 6.92 Å². The van der Waals surface area contributed by atoms with Crippen molar-refractivity contribution < 1.29 is 9.53 Å². The van der Waals surface area contributed by atoms with E-state index in [9.17, 15) is 4.79 Å². The van der Waals surface area contributed by atoms with E-state index in [0.717, 1.165) is 30.4 Å². The van der Waals surface area contributed by atoms with Gasteiger partial charge in [0.1, 0.15) is 12.4 Å². The Labute approximate surface area is 122 Å². The van der Waals surface area contributed by atoms with Crippen LogP contribution in [0.5, 0.6) is 0 Å². The number of rotatable bonds is 3. The van der Waals surface area contributed by atoms with Gasteiger partial charge in [0.25, 0.3) is 0 Å². The highest BCUT2D eigenvalue weighted by Crippen LogP contribution is 2.19. The van der Waals surface area contributed by atoms with Crippen LogP contribution in [0.15, 0.2) is 12.4 Å². The first-order chi connectivity index (χ1) is 10.2. The third kappa shape index (κ3) is 2.54. The number of anilines is 1. The zero-order valence-corrected chi connectivity index (χ0v) is 12.2. The minimum absolute atomic E-state index is 0.0293. The highest BCUT2D eigenvalue weighted by Gasteiger charge is 2.23. The van der Waals surface area contributed by atoms with Crippen molar-refractivity contribution >= 4 is 17.4 Å². The number of carbonyl (C=O) groups is 1. The summed E-state index contributed by atoms with van der Waals surface area (Å²) in [6.07, 6.45) is 3.60. The van der Waals surface area contributed by atoms with E-state index < -0.39 is 0 Å². The summed E-state index contributed by atoms with van der Waals surface area (Å²) in [6, 6.07) is 0. The molecule has 3 heterocycles.